The highest BCUT2D eigenvalue weighted by Gasteiger charge is 2.33. The monoisotopic (exact) mass is 968 g/mol. The predicted octanol–water partition coefficient (Wildman–Crippen LogP) is 10.4. The van der Waals surface area contributed by atoms with E-state index in [1.165, 1.54) is 0 Å². The summed E-state index contributed by atoms with van der Waals surface area (Å²) in [6.07, 6.45) is 3.55. The highest BCUT2D eigenvalue weighted by molar-refractivity contribution is 7.19. The Morgan fingerprint density at radius 3 is 1.23 bits per heavy atom. The van der Waals surface area contributed by atoms with Crippen LogP contribution in [0.2, 0.25) is 0 Å². The molecular formula is C53H56N14OS2. The number of carbonyl (C=O) groups is 1. The molecular weight excluding hydrogens is 913 g/mol. The maximum Gasteiger partial charge on any atom is 0.227 e. The smallest absolute Gasteiger partial charge is 0.227 e. The zero-order valence-corrected chi connectivity index (χ0v) is 41.3. The Morgan fingerprint density at radius 1 is 0.471 bits per heavy atom. The molecule has 4 aromatic heterocycles. The first-order valence-corrected chi connectivity index (χ1v) is 25.3. The van der Waals surface area contributed by atoms with Crippen molar-refractivity contribution >= 4 is 84.7 Å². The number of piperazine rings is 2. The molecule has 8 aromatic rings. The van der Waals surface area contributed by atoms with Crippen LogP contribution in [0.25, 0.3) is 21.1 Å². The molecule has 356 valence electrons. The minimum atomic E-state index is -0.150. The number of thiazole rings is 2. The van der Waals surface area contributed by atoms with Crippen molar-refractivity contribution in [2.75, 3.05) is 83.4 Å². The van der Waals surface area contributed by atoms with Gasteiger partial charge in [-0.05, 0) is 113 Å². The number of carbonyl (C=O) groups excluding carboxylic acids is 1. The summed E-state index contributed by atoms with van der Waals surface area (Å²) in [6, 6.07) is 40.4. The van der Waals surface area contributed by atoms with Crippen molar-refractivity contribution in [1.29, 1.82) is 0 Å². The average molecular weight is 969 g/mol. The fourth-order valence-corrected chi connectivity index (χ4v) is 10.9. The Morgan fingerprint density at radius 2 is 0.843 bits per heavy atom. The number of aromatic nitrogens is 6. The van der Waals surface area contributed by atoms with Crippen LogP contribution in [0.15, 0.2) is 134 Å². The maximum absolute atomic E-state index is 13.9. The fraction of sp³-hybridized carbons (Fsp3) is 0.264. The second-order valence-electron chi connectivity index (χ2n) is 17.5. The van der Waals surface area contributed by atoms with Crippen LogP contribution < -0.4 is 31.1 Å². The number of ketones is 1. The summed E-state index contributed by atoms with van der Waals surface area (Å²) in [6.45, 7) is 14.9. The zero-order chi connectivity index (χ0) is 48.0. The van der Waals surface area contributed by atoms with Crippen molar-refractivity contribution in [2.45, 2.75) is 39.8 Å². The van der Waals surface area contributed by atoms with Gasteiger partial charge in [-0.1, -0.05) is 59.1 Å². The lowest BCUT2D eigenvalue weighted by molar-refractivity contribution is -0.128. The molecule has 0 spiro atoms. The number of rotatable bonds is 16. The lowest BCUT2D eigenvalue weighted by Gasteiger charge is -2.42. The Bertz CT molecular complexity index is 2800. The Balaban J connectivity index is 0.666. The van der Waals surface area contributed by atoms with Gasteiger partial charge in [0.2, 0.25) is 11.9 Å². The van der Waals surface area contributed by atoms with Crippen molar-refractivity contribution in [1.82, 2.24) is 39.7 Å². The van der Waals surface area contributed by atoms with Gasteiger partial charge < -0.3 is 31.1 Å². The van der Waals surface area contributed by atoms with E-state index in [1.54, 1.807) is 35.1 Å². The molecule has 4 aromatic carbocycles. The van der Waals surface area contributed by atoms with Crippen LogP contribution in [0.1, 0.15) is 25.2 Å². The topological polar surface area (TPSA) is 155 Å². The minimum absolute atomic E-state index is 0.150. The third kappa shape index (κ3) is 10.9. The lowest BCUT2D eigenvalue weighted by atomic mass is 10.0. The molecule has 2 fully saturated rings. The molecule has 0 aliphatic carbocycles. The zero-order valence-electron chi connectivity index (χ0n) is 39.7. The third-order valence-corrected chi connectivity index (χ3v) is 15.1. The molecule has 0 bridgehead atoms. The number of hydrogen-bond acceptors (Lipinski definition) is 17. The summed E-state index contributed by atoms with van der Waals surface area (Å²) in [5.41, 5.74) is 9.60. The van der Waals surface area contributed by atoms with Crippen LogP contribution in [-0.2, 0) is 4.79 Å². The molecule has 2 aliphatic rings. The summed E-state index contributed by atoms with van der Waals surface area (Å²) in [4.78, 5) is 53.5. The van der Waals surface area contributed by atoms with Gasteiger partial charge in [-0.3, -0.25) is 14.6 Å². The van der Waals surface area contributed by atoms with Crippen LogP contribution in [0, 0.1) is 13.8 Å². The number of Topliss-reactive ketones (excluding diaryl/α,β-unsaturated/α-hetero) is 1. The van der Waals surface area contributed by atoms with E-state index in [0.717, 1.165) is 129 Å². The molecule has 10 rings (SSSR count). The number of hydrogen-bond donors (Lipinski definition) is 4. The maximum atomic E-state index is 13.9. The van der Waals surface area contributed by atoms with E-state index in [2.05, 4.69) is 113 Å². The first-order valence-electron chi connectivity index (χ1n) is 23.7. The van der Waals surface area contributed by atoms with Gasteiger partial charge >= 0.3 is 0 Å². The summed E-state index contributed by atoms with van der Waals surface area (Å²) in [7, 11) is 0. The third-order valence-electron chi connectivity index (χ3n) is 12.9. The fourth-order valence-electron chi connectivity index (χ4n) is 8.97. The molecule has 17 heteroatoms. The summed E-state index contributed by atoms with van der Waals surface area (Å²) in [5.74, 6) is 1.35. The minimum Gasteiger partial charge on any atom is -0.369 e. The number of aryl methyl sites for hydroxylation is 2. The molecule has 2 aliphatic heterocycles. The lowest BCUT2D eigenvalue weighted by Crippen LogP contribution is -2.57. The SMILES string of the molecule is Cc1nc(Nc2ccccc2)sc1-c1ccnc(Nc2ccc(N3CCN(C(C)C(=O)C(C)N4CCN(c5ccc(Nc6nccc(-c7sc(Nc8ccccc8)nc7C)n6)cc5)CC4)CC3)cc2)n1. The quantitative estimate of drug-likeness (QED) is 0.0725. The van der Waals surface area contributed by atoms with E-state index in [4.69, 9.17) is 19.9 Å². The van der Waals surface area contributed by atoms with E-state index >= 15 is 0 Å². The predicted molar refractivity (Wildman–Crippen MR) is 286 cm³/mol. The van der Waals surface area contributed by atoms with Crippen molar-refractivity contribution in [3.8, 4) is 21.1 Å². The largest absolute Gasteiger partial charge is 0.369 e. The molecule has 15 nitrogen and oxygen atoms in total. The molecule has 6 heterocycles. The van der Waals surface area contributed by atoms with E-state index in [0.29, 0.717) is 11.9 Å². The van der Waals surface area contributed by atoms with Gasteiger partial charge in [0.05, 0.1) is 44.6 Å². The molecule has 0 radical (unpaired) electrons. The highest BCUT2D eigenvalue weighted by atomic mass is 32.1. The van der Waals surface area contributed by atoms with Gasteiger partial charge in [-0.2, -0.15) is 0 Å². The number of anilines is 10. The van der Waals surface area contributed by atoms with Crippen LogP contribution in [0.5, 0.6) is 0 Å². The van der Waals surface area contributed by atoms with Gasteiger partial charge in [0.1, 0.15) is 0 Å². The summed E-state index contributed by atoms with van der Waals surface area (Å²) < 4.78 is 0. The normalized spacial score (nSPS) is 15.3. The van der Waals surface area contributed by atoms with Gasteiger partial charge in [-0.15, -0.1) is 0 Å². The molecule has 0 saturated carbocycles. The Hall–Kier alpha value is -7.31. The first-order chi connectivity index (χ1) is 34.2. The summed E-state index contributed by atoms with van der Waals surface area (Å²) >= 11 is 3.15. The van der Waals surface area contributed by atoms with Gasteiger partial charge in [-0.25, -0.2) is 29.9 Å². The van der Waals surface area contributed by atoms with E-state index in [1.807, 2.05) is 86.6 Å². The molecule has 70 heavy (non-hydrogen) atoms. The van der Waals surface area contributed by atoms with Gasteiger partial charge in [0.15, 0.2) is 16.0 Å². The first kappa shape index (κ1) is 46.4. The van der Waals surface area contributed by atoms with Crippen molar-refractivity contribution < 1.29 is 4.79 Å². The average Bonchev–Trinajstić information content (AvgIpc) is 3.96. The second kappa shape index (κ2) is 21.1. The van der Waals surface area contributed by atoms with E-state index in [9.17, 15) is 4.79 Å². The van der Waals surface area contributed by atoms with Gasteiger partial charge in [0, 0.05) is 98.9 Å². The standard InChI is InChI=1S/C53H56N14OS2/c1-35-48(69-52(56-35)60-39-11-7-5-8-12-39)45-23-25-54-50(62-45)58-41-15-19-43(20-16-41)66-31-27-64(28-32-66)37(3)47(68)38(4)65-29-33-67(34-30-65)44-21-17-42(18-22-44)59-51-55-26-24-46(63-51)49-36(2)57-53(70-49)61-40-13-9-6-10-14-40/h5-26,37-38H,27-34H2,1-4H3,(H,56,60)(H,57,61)(H,54,58,62)(H,55,59,63). The van der Waals surface area contributed by atoms with Crippen molar-refractivity contribution in [3.05, 3.63) is 145 Å². The molecule has 4 N–H and O–H groups in total. The van der Waals surface area contributed by atoms with Crippen LogP contribution in [0.3, 0.4) is 0 Å². The van der Waals surface area contributed by atoms with Gasteiger partial charge in [0.25, 0.3) is 0 Å². The van der Waals surface area contributed by atoms with E-state index < -0.39 is 0 Å². The molecule has 0 amide bonds. The van der Waals surface area contributed by atoms with Crippen LogP contribution in [-0.4, -0.2) is 110 Å². The number of para-hydroxylation sites is 2. The number of nitrogens with one attached hydrogen (secondary N) is 4. The Labute approximate surface area is 416 Å². The van der Waals surface area contributed by atoms with Crippen LogP contribution in [0.4, 0.5) is 56.3 Å². The number of benzene rings is 4. The van der Waals surface area contributed by atoms with Crippen molar-refractivity contribution in [2.24, 2.45) is 0 Å². The van der Waals surface area contributed by atoms with Crippen molar-refractivity contribution in [3.63, 3.8) is 0 Å². The van der Waals surface area contributed by atoms with E-state index in [-0.39, 0.29) is 17.9 Å². The summed E-state index contributed by atoms with van der Waals surface area (Å²) in [5, 5.41) is 15.2. The molecule has 2 atom stereocenters. The van der Waals surface area contributed by atoms with Crippen LogP contribution >= 0.6 is 22.7 Å². The Kier molecular flexibility index (Phi) is 14.0. The second-order valence-corrected chi connectivity index (χ2v) is 19.5. The highest BCUT2D eigenvalue weighted by Crippen LogP contribution is 2.35. The number of nitrogens with zero attached hydrogens (tertiary/aromatic N) is 10. The molecule has 2 unspecified atom stereocenters. The molecule has 2 saturated heterocycles.